The smallest absolute Gasteiger partial charge is 0.243 e. The third kappa shape index (κ3) is 3.45. The summed E-state index contributed by atoms with van der Waals surface area (Å²) in [5, 5.41) is 0. The summed E-state index contributed by atoms with van der Waals surface area (Å²) in [7, 11) is -3.66. The number of ether oxygens (including phenoxy) is 1. The maximum atomic E-state index is 13.0. The molecule has 2 fully saturated rings. The standard InChI is InChI=1S/C16H21FN2O4S/c1-12(20)18-8-9-23-16-11-19(7-6-13(16)10-18)24(21,22)15-4-2-14(17)3-5-15/h2-5,13,16H,6-11H2,1H3/t13-,16-/m0/s1. The molecule has 0 unspecified atom stereocenters. The highest BCUT2D eigenvalue weighted by Crippen LogP contribution is 2.28. The van der Waals surface area contributed by atoms with Gasteiger partial charge in [0.05, 0.1) is 17.6 Å². The zero-order chi connectivity index (χ0) is 17.3. The van der Waals surface area contributed by atoms with Gasteiger partial charge < -0.3 is 9.64 Å². The number of nitrogens with zero attached hydrogens (tertiary/aromatic N) is 2. The van der Waals surface area contributed by atoms with Crippen LogP contribution in [0, 0.1) is 11.7 Å². The van der Waals surface area contributed by atoms with E-state index in [1.165, 1.54) is 23.4 Å². The Morgan fingerprint density at radius 3 is 2.58 bits per heavy atom. The van der Waals surface area contributed by atoms with Crippen molar-refractivity contribution < 1.29 is 22.3 Å². The van der Waals surface area contributed by atoms with E-state index in [1.807, 2.05) is 0 Å². The third-order valence-corrected chi connectivity index (χ3v) is 6.58. The normalized spacial score (nSPS) is 25.8. The lowest BCUT2D eigenvalue weighted by atomic mass is 9.94. The first-order valence-electron chi connectivity index (χ1n) is 8.01. The van der Waals surface area contributed by atoms with Gasteiger partial charge in [0.1, 0.15) is 5.82 Å². The highest BCUT2D eigenvalue weighted by Gasteiger charge is 2.38. The third-order valence-electron chi connectivity index (χ3n) is 4.70. The largest absolute Gasteiger partial charge is 0.375 e. The summed E-state index contributed by atoms with van der Waals surface area (Å²) in [5.41, 5.74) is 0. The number of fused-ring (bicyclic) bond motifs is 1. The van der Waals surface area contributed by atoms with Crippen LogP contribution in [0.15, 0.2) is 29.2 Å². The van der Waals surface area contributed by atoms with Crippen molar-refractivity contribution in [1.29, 1.82) is 0 Å². The average molecular weight is 356 g/mol. The summed E-state index contributed by atoms with van der Waals surface area (Å²) in [6.45, 7) is 3.71. The number of rotatable bonds is 2. The topological polar surface area (TPSA) is 66.9 Å². The molecule has 2 atom stereocenters. The zero-order valence-electron chi connectivity index (χ0n) is 13.5. The number of hydrogen-bond acceptors (Lipinski definition) is 4. The van der Waals surface area contributed by atoms with Crippen LogP contribution in [0.4, 0.5) is 4.39 Å². The molecule has 2 saturated heterocycles. The molecule has 8 heteroatoms. The fourth-order valence-electron chi connectivity index (χ4n) is 3.28. The maximum Gasteiger partial charge on any atom is 0.243 e. The molecule has 1 amide bonds. The van der Waals surface area contributed by atoms with Crippen LogP contribution in [0.25, 0.3) is 0 Å². The molecule has 0 saturated carbocycles. The van der Waals surface area contributed by atoms with Crippen LogP contribution in [0.1, 0.15) is 13.3 Å². The summed E-state index contributed by atoms with van der Waals surface area (Å²) in [5.74, 6) is -0.319. The van der Waals surface area contributed by atoms with Gasteiger partial charge >= 0.3 is 0 Å². The Morgan fingerprint density at radius 1 is 1.21 bits per heavy atom. The summed E-state index contributed by atoms with van der Waals surface area (Å²) in [6.07, 6.45) is 0.410. The number of carbonyl (C=O) groups excluding carboxylic acids is 1. The first kappa shape index (κ1) is 17.3. The van der Waals surface area contributed by atoms with Crippen molar-refractivity contribution in [3.8, 4) is 0 Å². The van der Waals surface area contributed by atoms with Gasteiger partial charge in [-0.3, -0.25) is 4.79 Å². The van der Waals surface area contributed by atoms with Crippen LogP contribution in [-0.4, -0.2) is 62.4 Å². The monoisotopic (exact) mass is 356 g/mol. The van der Waals surface area contributed by atoms with Crippen LogP contribution in [-0.2, 0) is 19.6 Å². The molecule has 2 heterocycles. The first-order valence-corrected chi connectivity index (χ1v) is 9.45. The summed E-state index contributed by atoms with van der Waals surface area (Å²) >= 11 is 0. The summed E-state index contributed by atoms with van der Waals surface area (Å²) < 4.78 is 45.7. The number of hydrogen-bond donors (Lipinski definition) is 0. The molecule has 2 aliphatic heterocycles. The van der Waals surface area contributed by atoms with E-state index in [1.54, 1.807) is 4.90 Å². The Kier molecular flexibility index (Phi) is 4.89. The van der Waals surface area contributed by atoms with E-state index < -0.39 is 15.8 Å². The Labute approximate surface area is 141 Å². The molecule has 0 N–H and O–H groups in total. The van der Waals surface area contributed by atoms with Gasteiger partial charge in [-0.15, -0.1) is 0 Å². The highest BCUT2D eigenvalue weighted by atomic mass is 32.2. The number of sulfonamides is 1. The minimum atomic E-state index is -3.66. The van der Waals surface area contributed by atoms with E-state index in [0.29, 0.717) is 32.7 Å². The molecule has 2 aliphatic rings. The van der Waals surface area contributed by atoms with Crippen molar-refractivity contribution in [2.75, 3.05) is 32.8 Å². The molecule has 0 bridgehead atoms. The Morgan fingerprint density at radius 2 is 1.92 bits per heavy atom. The second-order valence-corrected chi connectivity index (χ2v) is 8.18. The van der Waals surface area contributed by atoms with Gasteiger partial charge in [-0.05, 0) is 30.7 Å². The predicted octanol–water partition coefficient (Wildman–Crippen LogP) is 1.08. The number of amides is 1. The SMILES string of the molecule is CC(=O)N1CCO[C@H]2CN(S(=O)(=O)c3ccc(F)cc3)CC[C@H]2C1. The average Bonchev–Trinajstić information content (AvgIpc) is 2.77. The van der Waals surface area contributed by atoms with Crippen molar-refractivity contribution in [1.82, 2.24) is 9.21 Å². The van der Waals surface area contributed by atoms with Crippen molar-refractivity contribution in [2.24, 2.45) is 5.92 Å². The molecule has 132 valence electrons. The number of piperidine rings is 1. The molecule has 0 radical (unpaired) electrons. The second kappa shape index (κ2) is 6.78. The minimum absolute atomic E-state index is 0.0145. The molecular formula is C16H21FN2O4S. The van der Waals surface area contributed by atoms with Crippen molar-refractivity contribution in [3.05, 3.63) is 30.1 Å². The lowest BCUT2D eigenvalue weighted by molar-refractivity contribution is -0.129. The number of halogens is 1. The van der Waals surface area contributed by atoms with Crippen LogP contribution >= 0.6 is 0 Å². The fourth-order valence-corrected chi connectivity index (χ4v) is 4.75. The number of benzene rings is 1. The number of carbonyl (C=O) groups is 1. The highest BCUT2D eigenvalue weighted by molar-refractivity contribution is 7.89. The van der Waals surface area contributed by atoms with E-state index in [-0.39, 0.29) is 29.4 Å². The second-order valence-electron chi connectivity index (χ2n) is 6.24. The van der Waals surface area contributed by atoms with Gasteiger partial charge in [0.2, 0.25) is 15.9 Å². The molecule has 1 aromatic carbocycles. The van der Waals surface area contributed by atoms with E-state index in [2.05, 4.69) is 0 Å². The summed E-state index contributed by atoms with van der Waals surface area (Å²) in [6, 6.07) is 4.85. The quantitative estimate of drug-likeness (QED) is 0.795. The van der Waals surface area contributed by atoms with E-state index >= 15 is 0 Å². The first-order chi connectivity index (χ1) is 11.4. The molecule has 6 nitrogen and oxygen atoms in total. The van der Waals surface area contributed by atoms with Crippen molar-refractivity contribution in [2.45, 2.75) is 24.3 Å². The Bertz CT molecular complexity index is 707. The predicted molar refractivity (Wildman–Crippen MR) is 85.3 cm³/mol. The van der Waals surface area contributed by atoms with Gasteiger partial charge in [0.15, 0.2) is 0 Å². The summed E-state index contributed by atoms with van der Waals surface area (Å²) in [4.78, 5) is 13.4. The fraction of sp³-hybridized carbons (Fsp3) is 0.562. The lowest BCUT2D eigenvalue weighted by Gasteiger charge is -2.37. The molecular weight excluding hydrogens is 335 g/mol. The van der Waals surface area contributed by atoms with Gasteiger partial charge in [0, 0.05) is 39.0 Å². The molecule has 0 aromatic heterocycles. The molecule has 3 rings (SSSR count). The van der Waals surface area contributed by atoms with Crippen LogP contribution in [0.3, 0.4) is 0 Å². The lowest BCUT2D eigenvalue weighted by Crippen LogP contribution is -2.49. The Hall–Kier alpha value is -1.51. The van der Waals surface area contributed by atoms with Gasteiger partial charge in [-0.25, -0.2) is 12.8 Å². The van der Waals surface area contributed by atoms with Gasteiger partial charge in [0.25, 0.3) is 0 Å². The molecule has 24 heavy (non-hydrogen) atoms. The Balaban J connectivity index is 1.75. The molecule has 0 aliphatic carbocycles. The zero-order valence-corrected chi connectivity index (χ0v) is 14.3. The molecule has 1 aromatic rings. The van der Waals surface area contributed by atoms with E-state index in [4.69, 9.17) is 4.74 Å². The van der Waals surface area contributed by atoms with Gasteiger partial charge in [-0.1, -0.05) is 0 Å². The minimum Gasteiger partial charge on any atom is -0.375 e. The van der Waals surface area contributed by atoms with E-state index in [0.717, 1.165) is 12.1 Å². The van der Waals surface area contributed by atoms with Crippen LogP contribution in [0.5, 0.6) is 0 Å². The maximum absolute atomic E-state index is 13.0. The molecule has 0 spiro atoms. The van der Waals surface area contributed by atoms with Crippen LogP contribution in [0.2, 0.25) is 0 Å². The van der Waals surface area contributed by atoms with Gasteiger partial charge in [-0.2, -0.15) is 4.31 Å². The van der Waals surface area contributed by atoms with E-state index in [9.17, 15) is 17.6 Å². The van der Waals surface area contributed by atoms with Crippen molar-refractivity contribution >= 4 is 15.9 Å². The van der Waals surface area contributed by atoms with Crippen molar-refractivity contribution in [3.63, 3.8) is 0 Å². The van der Waals surface area contributed by atoms with Crippen LogP contribution < -0.4 is 0 Å².